The Balaban J connectivity index is 2.38. The molecule has 3 heteroatoms. The quantitative estimate of drug-likeness (QED) is 0.744. The maximum Gasteiger partial charge on any atom is 0.0609 e. The zero-order chi connectivity index (χ0) is 10.6. The second-order valence-corrected chi connectivity index (χ2v) is 4.34. The van der Waals surface area contributed by atoms with E-state index in [0.717, 1.165) is 13.0 Å². The molecule has 14 heavy (non-hydrogen) atoms. The van der Waals surface area contributed by atoms with Crippen molar-refractivity contribution in [3.8, 4) is 0 Å². The molecule has 0 saturated heterocycles. The highest BCUT2D eigenvalue weighted by Gasteiger charge is 2.21. The first-order valence-corrected chi connectivity index (χ1v) is 5.00. The highest BCUT2D eigenvalue weighted by atomic mass is 16.3. The molecular formula is C11H20N2O. The zero-order valence-electron chi connectivity index (χ0n) is 9.25. The second kappa shape index (κ2) is 4.62. The highest BCUT2D eigenvalue weighted by molar-refractivity contribution is 5.04. The number of aromatic nitrogens is 1. The summed E-state index contributed by atoms with van der Waals surface area (Å²) in [6.07, 6.45) is 2.93. The van der Waals surface area contributed by atoms with E-state index in [1.54, 1.807) is 0 Å². The van der Waals surface area contributed by atoms with Gasteiger partial charge in [-0.1, -0.05) is 0 Å². The molecule has 0 bridgehead atoms. The summed E-state index contributed by atoms with van der Waals surface area (Å²) in [6.45, 7) is 5.23. The molecule has 1 heterocycles. The summed E-state index contributed by atoms with van der Waals surface area (Å²) in [6, 6.07) is 4.09. The third kappa shape index (κ3) is 2.86. The van der Waals surface area contributed by atoms with Gasteiger partial charge in [0.1, 0.15) is 0 Å². The normalized spacial score (nSPS) is 12.4. The molecule has 0 aliphatic carbocycles. The molecule has 0 aromatic carbocycles. The number of nitrogens with one attached hydrogen (secondary N) is 1. The Morgan fingerprint density at radius 2 is 2.21 bits per heavy atom. The molecule has 0 fully saturated rings. The molecule has 0 amide bonds. The number of likely N-dealkylation sites (N-methyl/N-ethyl adjacent to an activating group) is 1. The number of nitrogens with zero attached hydrogens (tertiary/aromatic N) is 1. The second-order valence-electron chi connectivity index (χ2n) is 4.34. The summed E-state index contributed by atoms with van der Waals surface area (Å²) in [5.74, 6) is 0. The van der Waals surface area contributed by atoms with Gasteiger partial charge in [0.2, 0.25) is 0 Å². The van der Waals surface area contributed by atoms with Gasteiger partial charge in [0.05, 0.1) is 6.61 Å². The number of hydrogen-bond donors (Lipinski definition) is 2. The van der Waals surface area contributed by atoms with Crippen LogP contribution in [0.3, 0.4) is 0 Å². The van der Waals surface area contributed by atoms with Crippen LogP contribution in [0, 0.1) is 0 Å². The molecule has 0 unspecified atom stereocenters. The molecular weight excluding hydrogens is 176 g/mol. The Bertz CT molecular complexity index is 254. The maximum absolute atomic E-state index is 9.17. The number of aliphatic hydroxyl groups is 1. The van der Waals surface area contributed by atoms with Crippen LogP contribution in [-0.2, 0) is 6.42 Å². The molecule has 0 radical (unpaired) electrons. The Morgan fingerprint density at radius 3 is 2.71 bits per heavy atom. The van der Waals surface area contributed by atoms with E-state index in [-0.39, 0.29) is 12.1 Å². The van der Waals surface area contributed by atoms with Crippen LogP contribution < -0.4 is 0 Å². The van der Waals surface area contributed by atoms with E-state index in [9.17, 15) is 5.11 Å². The van der Waals surface area contributed by atoms with Gasteiger partial charge >= 0.3 is 0 Å². The number of H-pyrrole nitrogens is 1. The zero-order valence-corrected chi connectivity index (χ0v) is 9.25. The molecule has 0 aliphatic heterocycles. The molecule has 0 aliphatic rings. The van der Waals surface area contributed by atoms with E-state index in [2.05, 4.69) is 16.0 Å². The number of aliphatic hydroxyl groups excluding tert-OH is 1. The van der Waals surface area contributed by atoms with Crippen molar-refractivity contribution in [2.75, 3.05) is 20.2 Å². The SMILES string of the molecule is CN(CCc1ccc[nH]1)C(C)(C)CO. The van der Waals surface area contributed by atoms with Gasteiger partial charge in [-0.3, -0.25) is 4.90 Å². The smallest absolute Gasteiger partial charge is 0.0609 e. The summed E-state index contributed by atoms with van der Waals surface area (Å²) in [5.41, 5.74) is 1.11. The molecule has 3 nitrogen and oxygen atoms in total. The topological polar surface area (TPSA) is 39.3 Å². The molecule has 1 rings (SSSR count). The van der Waals surface area contributed by atoms with E-state index in [1.165, 1.54) is 5.69 Å². The number of aromatic amines is 1. The van der Waals surface area contributed by atoms with Crippen LogP contribution >= 0.6 is 0 Å². The van der Waals surface area contributed by atoms with E-state index < -0.39 is 0 Å². The Morgan fingerprint density at radius 1 is 1.50 bits per heavy atom. The minimum absolute atomic E-state index is 0.132. The third-order valence-corrected chi connectivity index (χ3v) is 2.80. The molecule has 80 valence electrons. The lowest BCUT2D eigenvalue weighted by atomic mass is 10.0. The van der Waals surface area contributed by atoms with Crippen molar-refractivity contribution in [1.82, 2.24) is 9.88 Å². The summed E-state index contributed by atoms with van der Waals surface area (Å²) >= 11 is 0. The van der Waals surface area contributed by atoms with E-state index >= 15 is 0 Å². The lowest BCUT2D eigenvalue weighted by molar-refractivity contribution is 0.0799. The van der Waals surface area contributed by atoms with Crippen molar-refractivity contribution in [3.63, 3.8) is 0 Å². The molecule has 2 N–H and O–H groups in total. The minimum atomic E-state index is -0.132. The van der Waals surface area contributed by atoms with Gasteiger partial charge < -0.3 is 10.1 Å². The Kier molecular flexibility index (Phi) is 3.72. The largest absolute Gasteiger partial charge is 0.394 e. The van der Waals surface area contributed by atoms with E-state index in [0.29, 0.717) is 0 Å². The van der Waals surface area contributed by atoms with Crippen molar-refractivity contribution in [3.05, 3.63) is 24.0 Å². The van der Waals surface area contributed by atoms with Crippen LogP contribution in [0.25, 0.3) is 0 Å². The summed E-state index contributed by atoms with van der Waals surface area (Å²) in [4.78, 5) is 5.35. The van der Waals surface area contributed by atoms with Gasteiger partial charge in [-0.25, -0.2) is 0 Å². The van der Waals surface area contributed by atoms with Crippen LogP contribution in [0.15, 0.2) is 18.3 Å². The average molecular weight is 196 g/mol. The van der Waals surface area contributed by atoms with Crippen LogP contribution in [0.5, 0.6) is 0 Å². The number of rotatable bonds is 5. The van der Waals surface area contributed by atoms with E-state index in [1.807, 2.05) is 33.2 Å². The minimum Gasteiger partial charge on any atom is -0.394 e. The average Bonchev–Trinajstić information content (AvgIpc) is 2.66. The molecule has 1 aromatic rings. The van der Waals surface area contributed by atoms with Crippen molar-refractivity contribution >= 4 is 0 Å². The highest BCUT2D eigenvalue weighted by Crippen LogP contribution is 2.11. The molecule has 1 aromatic heterocycles. The fraction of sp³-hybridized carbons (Fsp3) is 0.636. The summed E-state index contributed by atoms with van der Waals surface area (Å²) < 4.78 is 0. The Labute approximate surface area is 85.7 Å². The predicted molar refractivity (Wildman–Crippen MR) is 58.3 cm³/mol. The first kappa shape index (κ1) is 11.3. The lowest BCUT2D eigenvalue weighted by Gasteiger charge is -2.33. The van der Waals surface area contributed by atoms with Crippen LogP contribution in [0.4, 0.5) is 0 Å². The number of hydrogen-bond acceptors (Lipinski definition) is 2. The summed E-state index contributed by atoms with van der Waals surface area (Å²) in [5, 5.41) is 9.17. The van der Waals surface area contributed by atoms with Crippen LogP contribution in [0.2, 0.25) is 0 Å². The van der Waals surface area contributed by atoms with Gasteiger partial charge in [0.25, 0.3) is 0 Å². The fourth-order valence-electron chi connectivity index (χ4n) is 1.23. The monoisotopic (exact) mass is 196 g/mol. The van der Waals surface area contributed by atoms with Gasteiger partial charge in [-0.05, 0) is 33.0 Å². The third-order valence-electron chi connectivity index (χ3n) is 2.80. The van der Waals surface area contributed by atoms with Crippen molar-refractivity contribution in [2.45, 2.75) is 25.8 Å². The lowest BCUT2D eigenvalue weighted by Crippen LogP contribution is -2.45. The van der Waals surface area contributed by atoms with Gasteiger partial charge in [-0.2, -0.15) is 0 Å². The van der Waals surface area contributed by atoms with Crippen LogP contribution in [0.1, 0.15) is 19.5 Å². The van der Waals surface area contributed by atoms with Gasteiger partial charge in [0, 0.05) is 30.4 Å². The first-order valence-electron chi connectivity index (χ1n) is 5.00. The maximum atomic E-state index is 9.17. The predicted octanol–water partition coefficient (Wildman–Crippen LogP) is 1.26. The molecule has 0 spiro atoms. The first-order chi connectivity index (χ1) is 6.56. The van der Waals surface area contributed by atoms with Crippen molar-refractivity contribution in [1.29, 1.82) is 0 Å². The fourth-order valence-corrected chi connectivity index (χ4v) is 1.23. The van der Waals surface area contributed by atoms with E-state index in [4.69, 9.17) is 0 Å². The van der Waals surface area contributed by atoms with Gasteiger partial charge in [0.15, 0.2) is 0 Å². The standard InChI is InChI=1S/C11H20N2O/c1-11(2,9-14)13(3)8-6-10-5-4-7-12-10/h4-5,7,12,14H,6,8-9H2,1-3H3. The van der Waals surface area contributed by atoms with Crippen molar-refractivity contribution < 1.29 is 5.11 Å². The van der Waals surface area contributed by atoms with Crippen molar-refractivity contribution in [2.24, 2.45) is 0 Å². The molecule has 0 atom stereocenters. The van der Waals surface area contributed by atoms with Crippen LogP contribution in [-0.4, -0.2) is 40.7 Å². The Hall–Kier alpha value is -0.800. The summed E-state index contributed by atoms with van der Waals surface area (Å²) in [7, 11) is 2.04. The molecule has 0 saturated carbocycles. The van der Waals surface area contributed by atoms with Gasteiger partial charge in [-0.15, -0.1) is 0 Å².